The number of guanidine groups is 1. The standard InChI is InChI=1S/C21H34N4O2.HI/c1-7-22-18(26)14-27-17-11-9-10-16(12-17)13-24-19(23-8-2)25-15-20(3,4)21(25,5)6;/h9-12H,7-8,13-15H2,1-6H3,(H,22,26)(H,23,24);1H. The highest BCUT2D eigenvalue weighted by molar-refractivity contribution is 14.0. The molecule has 0 aromatic heterocycles. The van der Waals surface area contributed by atoms with E-state index in [1.165, 1.54) is 0 Å². The van der Waals surface area contributed by atoms with Gasteiger partial charge in [0, 0.05) is 30.6 Å². The molecule has 28 heavy (non-hydrogen) atoms. The van der Waals surface area contributed by atoms with Crippen LogP contribution in [-0.4, -0.2) is 48.5 Å². The summed E-state index contributed by atoms with van der Waals surface area (Å²) in [4.78, 5) is 18.7. The summed E-state index contributed by atoms with van der Waals surface area (Å²) in [5, 5.41) is 6.13. The minimum Gasteiger partial charge on any atom is -0.484 e. The van der Waals surface area contributed by atoms with Gasteiger partial charge in [-0.1, -0.05) is 26.0 Å². The molecule has 1 fully saturated rings. The number of benzene rings is 1. The Morgan fingerprint density at radius 1 is 1.18 bits per heavy atom. The molecular formula is C21H35IN4O2. The second-order valence-corrected chi connectivity index (χ2v) is 8.09. The third-order valence-corrected chi connectivity index (χ3v) is 5.53. The first-order valence-corrected chi connectivity index (χ1v) is 9.75. The molecule has 2 rings (SSSR count). The second-order valence-electron chi connectivity index (χ2n) is 8.09. The average molecular weight is 502 g/mol. The van der Waals surface area contributed by atoms with Gasteiger partial charge >= 0.3 is 0 Å². The summed E-state index contributed by atoms with van der Waals surface area (Å²) in [7, 11) is 0. The Labute approximate surface area is 186 Å². The molecule has 0 spiro atoms. The molecule has 1 amide bonds. The molecule has 0 saturated carbocycles. The van der Waals surface area contributed by atoms with E-state index in [0.29, 0.717) is 18.8 Å². The molecule has 158 valence electrons. The van der Waals surface area contributed by atoms with Gasteiger partial charge in [0.25, 0.3) is 5.91 Å². The van der Waals surface area contributed by atoms with E-state index >= 15 is 0 Å². The van der Waals surface area contributed by atoms with Crippen molar-refractivity contribution in [2.24, 2.45) is 10.4 Å². The van der Waals surface area contributed by atoms with Crippen molar-refractivity contribution in [2.45, 2.75) is 53.6 Å². The van der Waals surface area contributed by atoms with Gasteiger partial charge in [-0.3, -0.25) is 4.79 Å². The van der Waals surface area contributed by atoms with Crippen LogP contribution in [0, 0.1) is 5.41 Å². The first-order valence-electron chi connectivity index (χ1n) is 9.75. The van der Waals surface area contributed by atoms with Crippen molar-refractivity contribution in [3.63, 3.8) is 0 Å². The summed E-state index contributed by atoms with van der Waals surface area (Å²) in [5.41, 5.74) is 1.37. The van der Waals surface area contributed by atoms with Gasteiger partial charge in [0.2, 0.25) is 0 Å². The molecule has 1 saturated heterocycles. The number of aliphatic imine (C=N–C) groups is 1. The molecule has 1 heterocycles. The summed E-state index contributed by atoms with van der Waals surface area (Å²) in [6.45, 7) is 16.1. The number of halogens is 1. The fraction of sp³-hybridized carbons (Fsp3) is 0.619. The largest absolute Gasteiger partial charge is 0.484 e. The Morgan fingerprint density at radius 2 is 1.86 bits per heavy atom. The van der Waals surface area contributed by atoms with Crippen LogP contribution in [0.15, 0.2) is 29.3 Å². The third-order valence-electron chi connectivity index (χ3n) is 5.53. The zero-order valence-corrected chi connectivity index (χ0v) is 20.3. The molecule has 6 nitrogen and oxygen atoms in total. The van der Waals surface area contributed by atoms with Gasteiger partial charge in [-0.25, -0.2) is 4.99 Å². The molecule has 1 aliphatic rings. The molecule has 1 aliphatic heterocycles. The molecule has 2 N–H and O–H groups in total. The van der Waals surface area contributed by atoms with Crippen molar-refractivity contribution in [3.05, 3.63) is 29.8 Å². The molecule has 7 heteroatoms. The smallest absolute Gasteiger partial charge is 0.257 e. The number of likely N-dealkylation sites (tertiary alicyclic amines) is 1. The van der Waals surface area contributed by atoms with Gasteiger partial charge in [0.05, 0.1) is 6.54 Å². The number of hydrogen-bond acceptors (Lipinski definition) is 3. The molecular weight excluding hydrogens is 467 g/mol. The predicted octanol–water partition coefficient (Wildman–Crippen LogP) is 3.41. The predicted molar refractivity (Wildman–Crippen MR) is 125 cm³/mol. The van der Waals surface area contributed by atoms with Crippen LogP contribution >= 0.6 is 24.0 Å². The number of likely N-dealkylation sites (N-methyl/N-ethyl adjacent to an activating group) is 1. The van der Waals surface area contributed by atoms with Gasteiger partial charge in [-0.05, 0) is 45.4 Å². The molecule has 0 aliphatic carbocycles. The maximum atomic E-state index is 11.5. The van der Waals surface area contributed by atoms with Crippen LogP contribution in [0.5, 0.6) is 5.75 Å². The zero-order valence-electron chi connectivity index (χ0n) is 18.0. The van der Waals surface area contributed by atoms with E-state index < -0.39 is 0 Å². The van der Waals surface area contributed by atoms with Crippen molar-refractivity contribution >= 4 is 35.8 Å². The van der Waals surface area contributed by atoms with Crippen molar-refractivity contribution in [1.82, 2.24) is 15.5 Å². The topological polar surface area (TPSA) is 66.0 Å². The number of nitrogens with zero attached hydrogens (tertiary/aromatic N) is 2. The van der Waals surface area contributed by atoms with Crippen LogP contribution in [0.4, 0.5) is 0 Å². The fourth-order valence-corrected chi connectivity index (χ4v) is 3.09. The van der Waals surface area contributed by atoms with E-state index in [-0.39, 0.29) is 47.4 Å². The quantitative estimate of drug-likeness (QED) is 0.341. The molecule has 0 unspecified atom stereocenters. The number of amides is 1. The Bertz CT molecular complexity index is 689. The van der Waals surface area contributed by atoms with Crippen LogP contribution in [0.2, 0.25) is 0 Å². The minimum atomic E-state index is -0.113. The van der Waals surface area contributed by atoms with E-state index in [4.69, 9.17) is 9.73 Å². The van der Waals surface area contributed by atoms with E-state index in [2.05, 4.69) is 50.2 Å². The molecule has 0 atom stereocenters. The highest BCUT2D eigenvalue weighted by Crippen LogP contribution is 2.46. The normalized spacial score (nSPS) is 17.2. The average Bonchev–Trinajstić information content (AvgIpc) is 2.62. The van der Waals surface area contributed by atoms with Gasteiger partial charge in [-0.15, -0.1) is 24.0 Å². The lowest BCUT2D eigenvalue weighted by Gasteiger charge is -2.62. The number of carbonyl (C=O) groups excluding carboxylic acids is 1. The molecule has 0 bridgehead atoms. The second kappa shape index (κ2) is 10.3. The van der Waals surface area contributed by atoms with E-state index in [9.17, 15) is 4.79 Å². The number of ether oxygens (including phenoxy) is 1. The SMILES string of the molecule is CCNC(=O)COc1cccc(CN=C(NCC)N2CC(C)(C)C2(C)C)c1.I. The summed E-state index contributed by atoms with van der Waals surface area (Å²) in [6, 6.07) is 7.76. The van der Waals surface area contributed by atoms with Crippen LogP contribution in [-0.2, 0) is 11.3 Å². The Morgan fingerprint density at radius 3 is 2.43 bits per heavy atom. The van der Waals surface area contributed by atoms with Crippen molar-refractivity contribution in [3.8, 4) is 5.75 Å². The third kappa shape index (κ3) is 5.75. The first kappa shape index (κ1) is 24.5. The summed E-state index contributed by atoms with van der Waals surface area (Å²) in [6.07, 6.45) is 0. The van der Waals surface area contributed by atoms with Gasteiger partial charge in [0.1, 0.15) is 5.75 Å². The Balaban J connectivity index is 0.00000392. The molecule has 1 aromatic rings. The van der Waals surface area contributed by atoms with Crippen LogP contribution in [0.25, 0.3) is 0 Å². The molecule has 1 aromatic carbocycles. The molecule has 0 radical (unpaired) electrons. The summed E-state index contributed by atoms with van der Waals surface area (Å²) in [5.74, 6) is 1.51. The number of nitrogens with one attached hydrogen (secondary N) is 2. The number of hydrogen-bond donors (Lipinski definition) is 2. The minimum absolute atomic E-state index is 0. The Hall–Kier alpha value is -1.51. The monoisotopic (exact) mass is 502 g/mol. The lowest BCUT2D eigenvalue weighted by molar-refractivity contribution is -0.122. The van der Waals surface area contributed by atoms with Gasteiger partial charge in [0.15, 0.2) is 12.6 Å². The van der Waals surface area contributed by atoms with Crippen molar-refractivity contribution < 1.29 is 9.53 Å². The summed E-state index contributed by atoms with van der Waals surface area (Å²) < 4.78 is 5.57. The van der Waals surface area contributed by atoms with Crippen LogP contribution in [0.1, 0.15) is 47.1 Å². The van der Waals surface area contributed by atoms with Gasteiger partial charge in [-0.2, -0.15) is 0 Å². The Kier molecular flexibility index (Phi) is 9.04. The maximum absolute atomic E-state index is 11.5. The lowest BCUT2D eigenvalue weighted by Crippen LogP contribution is -2.72. The van der Waals surface area contributed by atoms with Crippen molar-refractivity contribution in [1.29, 1.82) is 0 Å². The van der Waals surface area contributed by atoms with E-state index in [0.717, 1.165) is 24.6 Å². The van der Waals surface area contributed by atoms with E-state index in [1.54, 1.807) is 0 Å². The van der Waals surface area contributed by atoms with Crippen LogP contribution in [0.3, 0.4) is 0 Å². The highest BCUT2D eigenvalue weighted by atomic mass is 127. The first-order chi connectivity index (χ1) is 12.7. The zero-order chi connectivity index (χ0) is 20.1. The van der Waals surface area contributed by atoms with Gasteiger partial charge < -0.3 is 20.3 Å². The highest BCUT2D eigenvalue weighted by Gasteiger charge is 2.53. The van der Waals surface area contributed by atoms with E-state index in [1.807, 2.05) is 31.2 Å². The summed E-state index contributed by atoms with van der Waals surface area (Å²) >= 11 is 0. The van der Waals surface area contributed by atoms with Crippen molar-refractivity contribution in [2.75, 3.05) is 26.2 Å². The number of carbonyl (C=O) groups is 1. The number of rotatable bonds is 7. The van der Waals surface area contributed by atoms with Crippen LogP contribution < -0.4 is 15.4 Å². The fourth-order valence-electron chi connectivity index (χ4n) is 3.09. The lowest BCUT2D eigenvalue weighted by atomic mass is 9.65. The maximum Gasteiger partial charge on any atom is 0.257 e.